The van der Waals surface area contributed by atoms with Crippen LogP contribution in [0.2, 0.25) is 0 Å². The van der Waals surface area contributed by atoms with Crippen LogP contribution in [0.1, 0.15) is 79.9 Å². The number of ether oxygens (including phenoxy) is 2. The van der Waals surface area contributed by atoms with Crippen LogP contribution in [0.3, 0.4) is 0 Å². The minimum absolute atomic E-state index is 0.00937. The number of piperidine rings is 1. The minimum Gasteiger partial charge on any atom is -0.381 e. The van der Waals surface area contributed by atoms with Crippen molar-refractivity contribution in [1.82, 2.24) is 29.7 Å². The van der Waals surface area contributed by atoms with E-state index in [1.54, 1.807) is 17.1 Å². The van der Waals surface area contributed by atoms with E-state index in [0.29, 0.717) is 18.2 Å². The Balaban J connectivity index is 0.971. The smallest absolute Gasteiger partial charge is 0.284 e. The molecule has 3 saturated heterocycles. The molecule has 13 heteroatoms. The van der Waals surface area contributed by atoms with E-state index in [1.807, 2.05) is 6.07 Å². The predicted octanol–water partition coefficient (Wildman–Crippen LogP) is 4.23. The first-order valence-electron chi connectivity index (χ1n) is 15.7. The fraction of sp³-hybridized carbons (Fsp3) is 0.667. The van der Waals surface area contributed by atoms with Gasteiger partial charge >= 0.3 is 0 Å². The zero-order valence-corrected chi connectivity index (χ0v) is 24.3. The van der Waals surface area contributed by atoms with Crippen molar-refractivity contribution in [2.45, 2.75) is 76.0 Å². The molecule has 3 aliphatic heterocycles. The maximum absolute atomic E-state index is 14.0. The van der Waals surface area contributed by atoms with E-state index in [0.717, 1.165) is 83.1 Å². The van der Waals surface area contributed by atoms with Gasteiger partial charge in [-0.25, -0.2) is 18.3 Å². The second-order valence-electron chi connectivity index (χ2n) is 12.5. The van der Waals surface area contributed by atoms with E-state index in [9.17, 15) is 13.6 Å². The number of fused-ring (bicyclic) bond motifs is 3. The Bertz CT molecular complexity index is 1420. The quantitative estimate of drug-likeness (QED) is 0.334. The largest absolute Gasteiger partial charge is 0.381 e. The number of hydrogen-bond acceptors (Lipinski definition) is 8. The third-order valence-corrected chi connectivity index (χ3v) is 9.68. The Labute approximate surface area is 249 Å². The Kier molecular flexibility index (Phi) is 8.28. The van der Waals surface area contributed by atoms with E-state index in [1.165, 1.54) is 23.6 Å². The second kappa shape index (κ2) is 12.4. The fourth-order valence-corrected chi connectivity index (χ4v) is 7.15. The number of carbonyl (C=O) groups is 1. The van der Waals surface area contributed by atoms with Gasteiger partial charge in [0, 0.05) is 32.2 Å². The molecule has 2 bridgehead atoms. The maximum Gasteiger partial charge on any atom is 0.284 e. The summed E-state index contributed by atoms with van der Waals surface area (Å²) in [4.78, 5) is 20.3. The van der Waals surface area contributed by atoms with Crippen LogP contribution in [-0.4, -0.2) is 81.9 Å². The minimum atomic E-state index is -2.82. The molecule has 43 heavy (non-hydrogen) atoms. The molecule has 0 spiro atoms. The molecule has 6 heterocycles. The average molecular weight is 599 g/mol. The van der Waals surface area contributed by atoms with E-state index in [2.05, 4.69) is 25.7 Å². The molecule has 1 aliphatic carbocycles. The predicted molar refractivity (Wildman–Crippen MR) is 156 cm³/mol. The van der Waals surface area contributed by atoms with Gasteiger partial charge < -0.3 is 25.0 Å². The van der Waals surface area contributed by atoms with Crippen LogP contribution in [0.4, 0.5) is 20.3 Å². The first-order valence-corrected chi connectivity index (χ1v) is 15.7. The van der Waals surface area contributed by atoms with Crippen LogP contribution < -0.4 is 15.5 Å². The molecule has 4 aliphatic rings. The summed E-state index contributed by atoms with van der Waals surface area (Å²) >= 11 is 0. The highest BCUT2D eigenvalue weighted by molar-refractivity contribution is 6.08. The highest BCUT2D eigenvalue weighted by Gasteiger charge is 2.39. The van der Waals surface area contributed by atoms with Crippen LogP contribution >= 0.6 is 0 Å². The molecular formula is C30H40F2N8O3. The van der Waals surface area contributed by atoms with Gasteiger partial charge in [0.1, 0.15) is 11.4 Å². The number of rotatable bonds is 10. The van der Waals surface area contributed by atoms with Crippen molar-refractivity contribution in [3.8, 4) is 0 Å². The molecule has 2 N–H and O–H groups in total. The van der Waals surface area contributed by atoms with Crippen molar-refractivity contribution in [3.05, 3.63) is 35.9 Å². The SMILES string of the molecule is O=C(Nc1cn(C2CCC(COCCC3CCNCC3)CC2)nc1C(F)F)c1cnn2ccc(N3C[C@H]4C[C@@H]3CO4)nc12. The first-order chi connectivity index (χ1) is 21.0. The number of morpholine rings is 1. The summed E-state index contributed by atoms with van der Waals surface area (Å²) in [6, 6.07) is 2.15. The van der Waals surface area contributed by atoms with Gasteiger partial charge in [-0.05, 0) is 82.4 Å². The maximum atomic E-state index is 14.0. The molecule has 3 aromatic heterocycles. The van der Waals surface area contributed by atoms with Crippen LogP contribution in [0, 0.1) is 11.8 Å². The fourth-order valence-electron chi connectivity index (χ4n) is 7.15. The number of amides is 1. The summed E-state index contributed by atoms with van der Waals surface area (Å²) in [5, 5.41) is 14.6. The van der Waals surface area contributed by atoms with Gasteiger partial charge in [0.2, 0.25) is 0 Å². The zero-order chi connectivity index (χ0) is 29.3. The number of anilines is 2. The van der Waals surface area contributed by atoms with Crippen molar-refractivity contribution < 1.29 is 23.0 Å². The van der Waals surface area contributed by atoms with E-state index in [4.69, 9.17) is 14.5 Å². The molecule has 7 rings (SSSR count). The number of alkyl halides is 2. The van der Waals surface area contributed by atoms with E-state index in [-0.39, 0.29) is 29.4 Å². The van der Waals surface area contributed by atoms with Crippen LogP contribution in [0.5, 0.6) is 0 Å². The summed E-state index contributed by atoms with van der Waals surface area (Å²) in [5.41, 5.74) is 0.194. The highest BCUT2D eigenvalue weighted by atomic mass is 19.3. The summed E-state index contributed by atoms with van der Waals surface area (Å²) in [7, 11) is 0. The number of hydrogen-bond donors (Lipinski definition) is 2. The van der Waals surface area contributed by atoms with Gasteiger partial charge in [-0.3, -0.25) is 9.48 Å². The molecule has 0 aromatic carbocycles. The Morgan fingerprint density at radius 3 is 2.72 bits per heavy atom. The van der Waals surface area contributed by atoms with Crippen molar-refractivity contribution in [1.29, 1.82) is 0 Å². The lowest BCUT2D eigenvalue weighted by Gasteiger charge is -2.29. The number of carbonyl (C=O) groups excluding carboxylic acids is 1. The van der Waals surface area contributed by atoms with Gasteiger partial charge in [-0.2, -0.15) is 10.2 Å². The Morgan fingerprint density at radius 1 is 1.14 bits per heavy atom. The van der Waals surface area contributed by atoms with Crippen molar-refractivity contribution in [3.63, 3.8) is 0 Å². The topological polar surface area (TPSA) is 111 Å². The van der Waals surface area contributed by atoms with Crippen LogP contribution in [0.15, 0.2) is 24.7 Å². The lowest BCUT2D eigenvalue weighted by molar-refractivity contribution is 0.0665. The monoisotopic (exact) mass is 598 g/mol. The molecule has 0 unspecified atom stereocenters. The Morgan fingerprint density at radius 2 is 1.98 bits per heavy atom. The van der Waals surface area contributed by atoms with Crippen molar-refractivity contribution in [2.24, 2.45) is 11.8 Å². The lowest BCUT2D eigenvalue weighted by Crippen LogP contribution is -2.37. The third-order valence-electron chi connectivity index (χ3n) is 9.68. The molecular weight excluding hydrogens is 558 g/mol. The lowest BCUT2D eigenvalue weighted by atomic mass is 9.86. The molecule has 2 atom stereocenters. The van der Waals surface area contributed by atoms with Crippen LogP contribution in [-0.2, 0) is 9.47 Å². The van der Waals surface area contributed by atoms with Gasteiger partial charge in [-0.15, -0.1) is 0 Å². The van der Waals surface area contributed by atoms with Crippen LogP contribution in [0.25, 0.3) is 5.65 Å². The standard InChI is InChI=1S/C30H40F2N8O3/c31-28(32)27-25(16-40(37-27)21-3-1-20(2-4-21)17-42-12-8-19-5-9-33-10-6-19)35-30(41)24-14-34-39-11-7-26(36-29(24)39)38-15-23-13-22(38)18-43-23/h7,11,14,16,19-23,28,33H,1-6,8-10,12-13,15,17-18H2,(H,35,41)/t20?,21?,22-,23-/m1/s1. The summed E-state index contributed by atoms with van der Waals surface area (Å²) < 4.78 is 42.9. The van der Waals surface area contributed by atoms with Crippen molar-refractivity contribution >= 4 is 23.1 Å². The number of nitrogens with one attached hydrogen (secondary N) is 2. The average Bonchev–Trinajstić information content (AvgIpc) is 3.84. The normalized spacial score (nSPS) is 26.2. The molecule has 1 amide bonds. The molecule has 4 fully saturated rings. The van der Waals surface area contributed by atoms with Gasteiger partial charge in [-0.1, -0.05) is 0 Å². The number of aromatic nitrogens is 5. The highest BCUT2D eigenvalue weighted by Crippen LogP contribution is 2.36. The third kappa shape index (κ3) is 6.12. The van der Waals surface area contributed by atoms with Gasteiger partial charge in [0.15, 0.2) is 11.3 Å². The Hall–Kier alpha value is -3.16. The molecule has 232 valence electrons. The van der Waals surface area contributed by atoms with Crippen molar-refractivity contribution in [2.75, 3.05) is 49.7 Å². The number of halogens is 2. The molecule has 11 nitrogen and oxygen atoms in total. The van der Waals surface area contributed by atoms with E-state index < -0.39 is 18.0 Å². The number of nitrogens with zero attached hydrogens (tertiary/aromatic N) is 6. The molecule has 3 aromatic rings. The summed E-state index contributed by atoms with van der Waals surface area (Å²) in [5.74, 6) is 1.45. The second-order valence-corrected chi connectivity index (χ2v) is 12.5. The van der Waals surface area contributed by atoms with E-state index >= 15 is 0 Å². The molecule has 1 saturated carbocycles. The summed E-state index contributed by atoms with van der Waals surface area (Å²) in [6.07, 6.45) is 10.3. The summed E-state index contributed by atoms with van der Waals surface area (Å²) in [6.45, 7) is 5.20. The molecule has 0 radical (unpaired) electrons. The van der Waals surface area contributed by atoms with Gasteiger partial charge in [0.05, 0.1) is 36.7 Å². The first kappa shape index (κ1) is 28.6. The zero-order valence-electron chi connectivity index (χ0n) is 24.3. The van der Waals surface area contributed by atoms with Gasteiger partial charge in [0.25, 0.3) is 12.3 Å².